The molecule has 0 rings (SSSR count). The quantitative estimate of drug-likeness (QED) is 0.318. The van der Waals surface area contributed by atoms with Crippen LogP contribution in [-0.4, -0.2) is 55.8 Å². The molecule has 10 nitrogen and oxygen atoms in total. The first-order valence-electron chi connectivity index (χ1n) is 5.03. The van der Waals surface area contributed by atoms with Crippen LogP contribution in [0.25, 0.3) is 0 Å². The average molecular weight is 363 g/mol. The number of hydrogen-bond acceptors (Lipinski definition) is 6. The van der Waals surface area contributed by atoms with Crippen molar-refractivity contribution in [2.75, 3.05) is 6.54 Å². The van der Waals surface area contributed by atoms with Gasteiger partial charge in [-0.3, -0.25) is 19.2 Å². The minimum atomic E-state index is -0.833. The molecule has 0 saturated heterocycles. The third-order valence-electron chi connectivity index (χ3n) is 0.207. The van der Waals surface area contributed by atoms with Gasteiger partial charge in [-0.05, 0) is 0 Å². The van der Waals surface area contributed by atoms with Crippen LogP contribution >= 0.6 is 0 Å². The molecule has 132 valence electrons. The first-order chi connectivity index (χ1) is 9.20. The zero-order valence-corrected chi connectivity index (χ0v) is 13.1. The fourth-order valence-corrected chi connectivity index (χ4v) is 0. The average Bonchev–Trinajstić information content (AvgIpc) is 2.13. The summed E-state index contributed by atoms with van der Waals surface area (Å²) in [6, 6.07) is 0. The van der Waals surface area contributed by atoms with Crippen LogP contribution in [0.15, 0.2) is 0 Å². The standard InChI is InChI=1S/C2H7N2.4C2H4O2.Cu/c3-1-2-4;4*1-2(3)4;/h1H,2-4H2;4*1H3,(H,3,4);. The SMILES string of the molecule is CC(=O)O.CC(=O)O.CC(=O)O.CC(=O)O.NC[CH](N)[Cu]. The maximum absolute atomic E-state index is 9.00. The van der Waals surface area contributed by atoms with Gasteiger partial charge in [-0.2, -0.15) is 0 Å². The molecule has 1 atom stereocenters. The molecule has 21 heavy (non-hydrogen) atoms. The van der Waals surface area contributed by atoms with Crippen molar-refractivity contribution in [1.82, 2.24) is 0 Å². The van der Waals surface area contributed by atoms with Gasteiger partial charge in [-0.15, -0.1) is 0 Å². The van der Waals surface area contributed by atoms with E-state index in [9.17, 15) is 0 Å². The van der Waals surface area contributed by atoms with Crippen molar-refractivity contribution in [2.24, 2.45) is 11.5 Å². The molecule has 0 aromatic heterocycles. The first-order valence-corrected chi connectivity index (χ1v) is 5.58. The van der Waals surface area contributed by atoms with Crippen LogP contribution in [0.5, 0.6) is 0 Å². The maximum atomic E-state index is 9.00. The van der Waals surface area contributed by atoms with Gasteiger partial charge in [0, 0.05) is 27.7 Å². The van der Waals surface area contributed by atoms with E-state index < -0.39 is 23.9 Å². The molecular formula is C10H23CuN2O8. The van der Waals surface area contributed by atoms with Gasteiger partial charge >= 0.3 is 39.0 Å². The summed E-state index contributed by atoms with van der Waals surface area (Å²) in [6.07, 6.45) is 0. The Morgan fingerprint density at radius 1 is 0.810 bits per heavy atom. The van der Waals surface area contributed by atoms with Crippen molar-refractivity contribution < 1.29 is 55.6 Å². The second-order valence-corrected chi connectivity index (χ2v) is 3.47. The molecule has 8 N–H and O–H groups in total. The minimum absolute atomic E-state index is 0.275. The molecule has 0 amide bonds. The fraction of sp³-hybridized carbons (Fsp3) is 0.600. The van der Waals surface area contributed by atoms with Gasteiger partial charge in [0.1, 0.15) is 0 Å². The van der Waals surface area contributed by atoms with Gasteiger partial charge in [0.25, 0.3) is 23.9 Å². The molecule has 0 saturated carbocycles. The van der Waals surface area contributed by atoms with E-state index in [0.29, 0.717) is 6.54 Å². The van der Waals surface area contributed by atoms with Crippen LogP contribution in [0, 0.1) is 0 Å². The van der Waals surface area contributed by atoms with Gasteiger partial charge in [-0.25, -0.2) is 0 Å². The Hall–Kier alpha value is -1.68. The number of carbonyl (C=O) groups is 4. The van der Waals surface area contributed by atoms with Gasteiger partial charge < -0.3 is 20.4 Å². The van der Waals surface area contributed by atoms with Crippen LogP contribution in [-0.2, 0) is 35.2 Å². The van der Waals surface area contributed by atoms with Crippen molar-refractivity contribution in [3.8, 4) is 0 Å². The van der Waals surface area contributed by atoms with Crippen molar-refractivity contribution in [2.45, 2.75) is 32.6 Å². The Kier molecular flexibility index (Phi) is 40.4. The van der Waals surface area contributed by atoms with Crippen LogP contribution in [0.2, 0.25) is 0 Å². The molecule has 11 heteroatoms. The summed E-state index contributed by atoms with van der Waals surface area (Å²) < 4.78 is 0. The van der Waals surface area contributed by atoms with E-state index in [2.05, 4.69) is 16.0 Å². The molecule has 0 bridgehead atoms. The topological polar surface area (TPSA) is 201 Å². The molecule has 0 aromatic rings. The molecule has 0 aliphatic heterocycles. The van der Waals surface area contributed by atoms with E-state index in [1.54, 1.807) is 0 Å². The summed E-state index contributed by atoms with van der Waals surface area (Å²) in [5, 5.41) is 29.7. The van der Waals surface area contributed by atoms with Crippen LogP contribution in [0.4, 0.5) is 0 Å². The number of aliphatic carboxylic acids is 4. The fourth-order valence-electron chi connectivity index (χ4n) is 0. The third-order valence-corrected chi connectivity index (χ3v) is 0.429. The van der Waals surface area contributed by atoms with Gasteiger partial charge in [-0.1, -0.05) is 0 Å². The molecule has 1 unspecified atom stereocenters. The van der Waals surface area contributed by atoms with Crippen LogP contribution < -0.4 is 11.5 Å². The normalized spacial score (nSPS) is 8.38. The zero-order valence-electron chi connectivity index (χ0n) is 12.2. The number of carboxylic acids is 4. The van der Waals surface area contributed by atoms with Crippen molar-refractivity contribution in [1.29, 1.82) is 0 Å². The molecule has 0 aromatic carbocycles. The summed E-state index contributed by atoms with van der Waals surface area (Å²) in [4.78, 5) is 35.7. The van der Waals surface area contributed by atoms with Crippen molar-refractivity contribution in [3.63, 3.8) is 0 Å². The Balaban J connectivity index is -0.0000000510. The van der Waals surface area contributed by atoms with E-state index in [4.69, 9.17) is 51.1 Å². The van der Waals surface area contributed by atoms with Crippen molar-refractivity contribution in [3.05, 3.63) is 0 Å². The second-order valence-electron chi connectivity index (χ2n) is 2.77. The van der Waals surface area contributed by atoms with E-state index in [0.717, 1.165) is 27.7 Å². The Morgan fingerprint density at radius 3 is 0.857 bits per heavy atom. The summed E-state index contributed by atoms with van der Waals surface area (Å²) >= 11 is 4.56. The Labute approximate surface area is 130 Å². The van der Waals surface area contributed by atoms with E-state index in [-0.39, 0.29) is 4.94 Å². The van der Waals surface area contributed by atoms with E-state index >= 15 is 0 Å². The molecule has 0 radical (unpaired) electrons. The molecule has 0 heterocycles. The van der Waals surface area contributed by atoms with Crippen LogP contribution in [0.3, 0.4) is 0 Å². The second kappa shape index (κ2) is 26.8. The van der Waals surface area contributed by atoms with E-state index in [1.807, 2.05) is 0 Å². The van der Waals surface area contributed by atoms with Gasteiger partial charge in [0.15, 0.2) is 0 Å². The zero-order chi connectivity index (χ0) is 18.6. The summed E-state index contributed by atoms with van der Waals surface area (Å²) in [6.45, 7) is 4.72. The third kappa shape index (κ3) is 47800. The molecule has 0 aliphatic rings. The number of carboxylic acid groups (broad SMARTS) is 4. The molecule has 0 fully saturated rings. The Bertz CT molecular complexity index is 220. The first kappa shape index (κ1) is 31.6. The molecular weight excluding hydrogens is 340 g/mol. The number of hydrogen-bond donors (Lipinski definition) is 6. The summed E-state index contributed by atoms with van der Waals surface area (Å²) in [5.41, 5.74) is 9.91. The summed E-state index contributed by atoms with van der Waals surface area (Å²) in [5.74, 6) is -3.33. The van der Waals surface area contributed by atoms with Crippen molar-refractivity contribution >= 4 is 23.9 Å². The molecule has 0 aliphatic carbocycles. The predicted octanol–water partition coefficient (Wildman–Crippen LogP) is -0.860. The van der Waals surface area contributed by atoms with Crippen LogP contribution in [0.1, 0.15) is 27.7 Å². The molecule has 0 spiro atoms. The summed E-state index contributed by atoms with van der Waals surface area (Å²) in [7, 11) is 0. The number of nitrogens with two attached hydrogens (primary N) is 2. The predicted molar refractivity (Wildman–Crippen MR) is 70.3 cm³/mol. The monoisotopic (exact) mass is 362 g/mol. The Morgan fingerprint density at radius 2 is 0.857 bits per heavy atom. The van der Waals surface area contributed by atoms with Gasteiger partial charge in [0.05, 0.1) is 0 Å². The van der Waals surface area contributed by atoms with Gasteiger partial charge in [0.2, 0.25) is 0 Å². The number of rotatable bonds is 1. The van der Waals surface area contributed by atoms with E-state index in [1.165, 1.54) is 0 Å².